The molecule has 2 nitrogen and oxygen atoms in total. The van der Waals surface area contributed by atoms with Crippen LogP contribution in [0.4, 0.5) is 0 Å². The summed E-state index contributed by atoms with van der Waals surface area (Å²) < 4.78 is 0. The summed E-state index contributed by atoms with van der Waals surface area (Å²) in [7, 11) is 0. The highest BCUT2D eigenvalue weighted by molar-refractivity contribution is 5.14. The van der Waals surface area contributed by atoms with Crippen LogP contribution in [0.15, 0.2) is 11.3 Å². The van der Waals surface area contributed by atoms with Crippen LogP contribution >= 0.6 is 0 Å². The topological polar surface area (TPSA) is 40.5 Å². The van der Waals surface area contributed by atoms with E-state index in [-0.39, 0.29) is 6.10 Å². The second-order valence-corrected chi connectivity index (χ2v) is 2.52. The highest BCUT2D eigenvalue weighted by Crippen LogP contribution is 2.26. The molecule has 2 N–H and O–H groups in total. The molecule has 0 bridgehead atoms. The predicted octanol–water partition coefficient (Wildman–Crippen LogP) is 1.36. The second kappa shape index (κ2) is 2.40. The molecule has 0 spiro atoms. The van der Waals surface area contributed by atoms with Gasteiger partial charge >= 0.3 is 0 Å². The Morgan fingerprint density at radius 3 is 2.56 bits per heavy atom. The monoisotopic (exact) mass is 128 g/mol. The first kappa shape index (κ1) is 6.62. The summed E-state index contributed by atoms with van der Waals surface area (Å²) in [6.45, 7) is 1.63. The van der Waals surface area contributed by atoms with Crippen LogP contribution in [0.2, 0.25) is 0 Å². The first-order chi connectivity index (χ1) is 4.22. The van der Waals surface area contributed by atoms with Crippen molar-refractivity contribution in [2.24, 2.45) is 0 Å². The van der Waals surface area contributed by atoms with Crippen LogP contribution in [0.3, 0.4) is 0 Å². The molecule has 0 saturated heterocycles. The minimum Gasteiger partial charge on any atom is -0.513 e. The van der Waals surface area contributed by atoms with Gasteiger partial charge in [0.1, 0.15) is 0 Å². The van der Waals surface area contributed by atoms with Crippen molar-refractivity contribution in [3.8, 4) is 0 Å². The van der Waals surface area contributed by atoms with E-state index < -0.39 is 0 Å². The third kappa shape index (κ3) is 1.24. The Balaban J connectivity index is 2.70. The van der Waals surface area contributed by atoms with E-state index in [4.69, 9.17) is 10.2 Å². The van der Waals surface area contributed by atoms with Crippen LogP contribution in [0.25, 0.3) is 0 Å². The molecular weight excluding hydrogens is 116 g/mol. The Hall–Kier alpha value is -0.500. The van der Waals surface area contributed by atoms with Crippen molar-refractivity contribution in [2.75, 3.05) is 0 Å². The summed E-state index contributed by atoms with van der Waals surface area (Å²) in [6.07, 6.45) is 2.32. The lowest BCUT2D eigenvalue weighted by molar-refractivity contribution is 0.211. The van der Waals surface area contributed by atoms with Crippen LogP contribution < -0.4 is 0 Å². The Kier molecular flexibility index (Phi) is 1.76. The van der Waals surface area contributed by atoms with Gasteiger partial charge in [-0.25, -0.2) is 0 Å². The summed E-state index contributed by atoms with van der Waals surface area (Å²) >= 11 is 0. The maximum absolute atomic E-state index is 9.14. The molecule has 0 heterocycles. The van der Waals surface area contributed by atoms with Crippen molar-refractivity contribution in [1.82, 2.24) is 0 Å². The summed E-state index contributed by atoms with van der Waals surface area (Å²) in [6, 6.07) is 0. The highest BCUT2D eigenvalue weighted by Gasteiger charge is 2.19. The minimum absolute atomic E-state index is 0.306. The molecular formula is C7H12O2. The van der Waals surface area contributed by atoms with E-state index in [2.05, 4.69) is 0 Å². The molecule has 9 heavy (non-hydrogen) atoms. The zero-order valence-electron chi connectivity index (χ0n) is 5.59. The summed E-state index contributed by atoms with van der Waals surface area (Å²) in [5.74, 6) is 0.306. The zero-order valence-corrected chi connectivity index (χ0v) is 5.59. The summed E-state index contributed by atoms with van der Waals surface area (Å²) in [4.78, 5) is 0. The van der Waals surface area contributed by atoms with Crippen LogP contribution in [0.1, 0.15) is 26.2 Å². The number of hydrogen-bond donors (Lipinski definition) is 2. The maximum atomic E-state index is 9.14. The molecule has 0 aromatic rings. The SMILES string of the molecule is C/C(O)=C1\CCCC1O. The van der Waals surface area contributed by atoms with Gasteiger partial charge in [0, 0.05) is 0 Å². The molecule has 1 unspecified atom stereocenters. The smallest absolute Gasteiger partial charge is 0.0909 e. The molecule has 1 aliphatic carbocycles. The quantitative estimate of drug-likeness (QED) is 0.483. The summed E-state index contributed by atoms with van der Waals surface area (Å²) in [5.41, 5.74) is 0.829. The van der Waals surface area contributed by atoms with E-state index in [1.807, 2.05) is 0 Å². The number of hydrogen-bond acceptors (Lipinski definition) is 2. The van der Waals surface area contributed by atoms with Gasteiger partial charge in [0.15, 0.2) is 0 Å². The lowest BCUT2D eigenvalue weighted by Gasteiger charge is -2.03. The van der Waals surface area contributed by atoms with Gasteiger partial charge in [0.2, 0.25) is 0 Å². The standard InChI is InChI=1S/C7H12O2/c1-5(8)6-3-2-4-7(6)9/h7-9H,2-4H2,1H3/b6-5-. The largest absolute Gasteiger partial charge is 0.513 e. The first-order valence-corrected chi connectivity index (χ1v) is 3.28. The van der Waals surface area contributed by atoms with Crippen molar-refractivity contribution in [1.29, 1.82) is 0 Å². The van der Waals surface area contributed by atoms with E-state index in [0.29, 0.717) is 5.76 Å². The molecule has 1 fully saturated rings. The van der Waals surface area contributed by atoms with Crippen LogP contribution in [-0.2, 0) is 0 Å². The molecule has 0 radical (unpaired) electrons. The number of rotatable bonds is 0. The van der Waals surface area contributed by atoms with Gasteiger partial charge in [0.25, 0.3) is 0 Å². The number of aliphatic hydroxyl groups is 2. The zero-order chi connectivity index (χ0) is 6.85. The first-order valence-electron chi connectivity index (χ1n) is 3.28. The lowest BCUT2D eigenvalue weighted by Crippen LogP contribution is -2.03. The fourth-order valence-electron chi connectivity index (χ4n) is 1.25. The molecule has 1 rings (SSSR count). The van der Waals surface area contributed by atoms with Crippen molar-refractivity contribution >= 4 is 0 Å². The van der Waals surface area contributed by atoms with Gasteiger partial charge in [-0.3, -0.25) is 0 Å². The summed E-state index contributed by atoms with van der Waals surface area (Å²) in [5, 5.41) is 18.1. The molecule has 1 aliphatic rings. The van der Waals surface area contributed by atoms with Crippen molar-refractivity contribution < 1.29 is 10.2 Å². The van der Waals surface area contributed by atoms with E-state index in [1.54, 1.807) is 6.92 Å². The molecule has 0 aromatic heterocycles. The molecule has 0 aliphatic heterocycles. The fraction of sp³-hybridized carbons (Fsp3) is 0.714. The molecule has 1 atom stereocenters. The van der Waals surface area contributed by atoms with Gasteiger partial charge in [-0.1, -0.05) is 0 Å². The number of allylic oxidation sites excluding steroid dienone is 1. The lowest BCUT2D eigenvalue weighted by atomic mass is 10.2. The maximum Gasteiger partial charge on any atom is 0.0909 e. The average Bonchev–Trinajstić information content (AvgIpc) is 2.13. The van der Waals surface area contributed by atoms with Crippen molar-refractivity contribution in [3.63, 3.8) is 0 Å². The van der Waals surface area contributed by atoms with Crippen LogP contribution in [-0.4, -0.2) is 16.3 Å². The fourth-order valence-corrected chi connectivity index (χ4v) is 1.25. The predicted molar refractivity (Wildman–Crippen MR) is 35.2 cm³/mol. The molecule has 52 valence electrons. The third-order valence-electron chi connectivity index (χ3n) is 1.79. The van der Waals surface area contributed by atoms with Crippen LogP contribution in [0.5, 0.6) is 0 Å². The van der Waals surface area contributed by atoms with E-state index in [9.17, 15) is 0 Å². The molecule has 0 amide bonds. The van der Waals surface area contributed by atoms with E-state index in [0.717, 1.165) is 24.8 Å². The Labute approximate surface area is 54.8 Å². The van der Waals surface area contributed by atoms with Gasteiger partial charge in [-0.15, -0.1) is 0 Å². The van der Waals surface area contributed by atoms with Crippen molar-refractivity contribution in [3.05, 3.63) is 11.3 Å². The third-order valence-corrected chi connectivity index (χ3v) is 1.79. The minimum atomic E-state index is -0.366. The Morgan fingerprint density at radius 1 is 1.67 bits per heavy atom. The van der Waals surface area contributed by atoms with Gasteiger partial charge in [0.05, 0.1) is 11.9 Å². The van der Waals surface area contributed by atoms with E-state index in [1.165, 1.54) is 0 Å². The van der Waals surface area contributed by atoms with Gasteiger partial charge < -0.3 is 10.2 Å². The van der Waals surface area contributed by atoms with Gasteiger partial charge in [-0.2, -0.15) is 0 Å². The molecule has 2 heteroatoms. The Bertz CT molecular complexity index is 134. The molecule has 0 aromatic carbocycles. The number of aliphatic hydroxyl groups excluding tert-OH is 2. The highest BCUT2D eigenvalue weighted by atomic mass is 16.3. The van der Waals surface area contributed by atoms with Crippen LogP contribution in [0, 0.1) is 0 Å². The van der Waals surface area contributed by atoms with Crippen molar-refractivity contribution in [2.45, 2.75) is 32.3 Å². The normalized spacial score (nSPS) is 32.9. The second-order valence-electron chi connectivity index (χ2n) is 2.52. The average molecular weight is 128 g/mol. The van der Waals surface area contributed by atoms with E-state index >= 15 is 0 Å². The van der Waals surface area contributed by atoms with Gasteiger partial charge in [-0.05, 0) is 31.8 Å². The Morgan fingerprint density at radius 2 is 2.33 bits per heavy atom. The molecule has 1 saturated carbocycles.